The molecule has 2 aliphatic heterocycles. The highest BCUT2D eigenvalue weighted by atomic mass is 19.1. The third-order valence-corrected chi connectivity index (χ3v) is 5.91. The number of fused-ring (bicyclic) bond motifs is 1. The minimum absolute atomic E-state index is 0.208. The summed E-state index contributed by atoms with van der Waals surface area (Å²) >= 11 is 0. The van der Waals surface area contributed by atoms with Crippen molar-refractivity contribution in [3.63, 3.8) is 0 Å². The van der Waals surface area contributed by atoms with Crippen LogP contribution in [0.4, 0.5) is 10.3 Å². The summed E-state index contributed by atoms with van der Waals surface area (Å²) in [6, 6.07) is 2.03. The summed E-state index contributed by atoms with van der Waals surface area (Å²) in [6.07, 6.45) is 4.10. The van der Waals surface area contributed by atoms with Crippen LogP contribution in [0.2, 0.25) is 0 Å². The van der Waals surface area contributed by atoms with E-state index in [9.17, 15) is 0 Å². The van der Waals surface area contributed by atoms with E-state index in [2.05, 4.69) is 31.9 Å². The van der Waals surface area contributed by atoms with Gasteiger partial charge in [-0.1, -0.05) is 6.92 Å². The maximum absolute atomic E-state index is 15.1. The number of nitrogens with two attached hydrogens (primary N) is 1. The predicted octanol–water partition coefficient (Wildman–Crippen LogP) is 1.95. The summed E-state index contributed by atoms with van der Waals surface area (Å²) in [5.41, 5.74) is 9.21. The number of aromatic nitrogens is 5. The molecule has 0 saturated carbocycles. The molecule has 3 N–H and O–H groups in total. The summed E-state index contributed by atoms with van der Waals surface area (Å²) in [7, 11) is 0. The van der Waals surface area contributed by atoms with Crippen molar-refractivity contribution < 1.29 is 9.13 Å². The number of halogens is 1. The summed E-state index contributed by atoms with van der Waals surface area (Å²) in [5, 5.41) is 5.47. The first-order chi connectivity index (χ1) is 13.7. The SMILES string of the molecule is CCc1c(-c2nc(N)nc3[nH]ccc23)cnn1C1CCN(C2COC2)CC1F. The standard InChI is InChI=1S/C19H24FN7O/c1-2-15-13(17-12-3-5-22-18(12)25-19(21)24-17)7-23-27(15)16-4-6-26(8-14(16)20)11-9-28-10-11/h3,5,7,11,14,16H,2,4,6,8-10H2,1H3,(H3,21,22,24,25). The number of ether oxygens (including phenoxy) is 1. The summed E-state index contributed by atoms with van der Waals surface area (Å²) in [5.74, 6) is 0.208. The van der Waals surface area contributed by atoms with E-state index in [-0.39, 0.29) is 12.0 Å². The number of nitrogens with zero attached hydrogens (tertiary/aromatic N) is 5. The van der Waals surface area contributed by atoms with Crippen molar-refractivity contribution in [1.82, 2.24) is 29.6 Å². The van der Waals surface area contributed by atoms with E-state index < -0.39 is 6.17 Å². The molecule has 2 aliphatic rings. The molecule has 0 aromatic carbocycles. The maximum Gasteiger partial charge on any atom is 0.222 e. The Labute approximate surface area is 161 Å². The number of hydrogen-bond acceptors (Lipinski definition) is 6. The average molecular weight is 385 g/mol. The van der Waals surface area contributed by atoms with Gasteiger partial charge in [-0.3, -0.25) is 9.58 Å². The Morgan fingerprint density at radius 1 is 1.36 bits per heavy atom. The molecule has 2 saturated heterocycles. The zero-order chi connectivity index (χ0) is 19.3. The van der Waals surface area contributed by atoms with Crippen LogP contribution in [0.3, 0.4) is 0 Å². The number of anilines is 1. The topological polar surface area (TPSA) is 97.9 Å². The van der Waals surface area contributed by atoms with Gasteiger partial charge in [-0.15, -0.1) is 0 Å². The highest BCUT2D eigenvalue weighted by molar-refractivity contribution is 5.91. The van der Waals surface area contributed by atoms with Crippen molar-refractivity contribution >= 4 is 17.0 Å². The molecule has 5 rings (SSSR count). The highest BCUT2D eigenvalue weighted by Gasteiger charge is 2.37. The van der Waals surface area contributed by atoms with Crippen LogP contribution in [-0.2, 0) is 11.2 Å². The fourth-order valence-electron chi connectivity index (χ4n) is 4.34. The third-order valence-electron chi connectivity index (χ3n) is 5.91. The quantitative estimate of drug-likeness (QED) is 0.712. The van der Waals surface area contributed by atoms with Crippen molar-refractivity contribution in [2.24, 2.45) is 0 Å². The lowest BCUT2D eigenvalue weighted by Crippen LogP contribution is -2.55. The van der Waals surface area contributed by atoms with Crippen molar-refractivity contribution in [2.75, 3.05) is 32.0 Å². The molecule has 0 amide bonds. The molecule has 9 heteroatoms. The molecule has 3 aromatic heterocycles. The molecule has 0 radical (unpaired) electrons. The van der Waals surface area contributed by atoms with E-state index in [1.54, 1.807) is 6.20 Å². The van der Waals surface area contributed by atoms with Crippen molar-refractivity contribution in [2.45, 2.75) is 38.0 Å². The molecular formula is C19H24FN7O. The molecule has 28 heavy (non-hydrogen) atoms. The lowest BCUT2D eigenvalue weighted by Gasteiger charge is -2.42. The Hall–Kier alpha value is -2.52. The van der Waals surface area contributed by atoms with Gasteiger partial charge in [0.2, 0.25) is 5.95 Å². The number of alkyl halides is 1. The van der Waals surface area contributed by atoms with Crippen molar-refractivity contribution in [3.05, 3.63) is 24.2 Å². The monoisotopic (exact) mass is 385 g/mol. The molecule has 3 aromatic rings. The second kappa shape index (κ2) is 6.82. The minimum atomic E-state index is -0.963. The van der Waals surface area contributed by atoms with Gasteiger partial charge in [0.15, 0.2) is 0 Å². The van der Waals surface area contributed by atoms with Crippen molar-refractivity contribution in [3.8, 4) is 11.3 Å². The number of H-pyrrole nitrogens is 1. The molecule has 0 spiro atoms. The Bertz CT molecular complexity index is 995. The maximum atomic E-state index is 15.1. The fraction of sp³-hybridized carbons (Fsp3) is 0.526. The number of nitrogen functional groups attached to an aromatic ring is 1. The number of likely N-dealkylation sites (tertiary alicyclic amines) is 1. The molecule has 2 fully saturated rings. The van der Waals surface area contributed by atoms with E-state index in [4.69, 9.17) is 10.5 Å². The fourth-order valence-corrected chi connectivity index (χ4v) is 4.34. The van der Waals surface area contributed by atoms with Gasteiger partial charge >= 0.3 is 0 Å². The van der Waals surface area contributed by atoms with Crippen LogP contribution >= 0.6 is 0 Å². The number of nitrogens with one attached hydrogen (secondary N) is 1. The lowest BCUT2D eigenvalue weighted by molar-refractivity contribution is -0.0848. The average Bonchev–Trinajstić information content (AvgIpc) is 3.26. The number of piperidine rings is 1. The Balaban J connectivity index is 1.49. The summed E-state index contributed by atoms with van der Waals surface area (Å²) < 4.78 is 22.2. The third kappa shape index (κ3) is 2.77. The van der Waals surface area contributed by atoms with Crippen LogP contribution in [-0.4, -0.2) is 68.1 Å². The van der Waals surface area contributed by atoms with Gasteiger partial charge in [-0.05, 0) is 18.9 Å². The van der Waals surface area contributed by atoms with E-state index in [0.717, 1.165) is 41.7 Å². The largest absolute Gasteiger partial charge is 0.378 e. The number of aromatic amines is 1. The van der Waals surface area contributed by atoms with Crippen molar-refractivity contribution in [1.29, 1.82) is 0 Å². The number of rotatable bonds is 4. The lowest BCUT2D eigenvalue weighted by atomic mass is 9.99. The molecule has 2 unspecified atom stereocenters. The molecule has 148 valence electrons. The van der Waals surface area contributed by atoms with Gasteiger partial charge in [0, 0.05) is 35.9 Å². The van der Waals surface area contributed by atoms with Gasteiger partial charge in [0.05, 0.1) is 37.2 Å². The summed E-state index contributed by atoms with van der Waals surface area (Å²) in [6.45, 7) is 4.78. The first kappa shape index (κ1) is 17.6. The van der Waals surface area contributed by atoms with Gasteiger partial charge < -0.3 is 15.5 Å². The first-order valence-corrected chi connectivity index (χ1v) is 9.79. The van der Waals surface area contributed by atoms with Crippen LogP contribution < -0.4 is 5.73 Å². The van der Waals surface area contributed by atoms with E-state index in [1.807, 2.05) is 16.9 Å². The Morgan fingerprint density at radius 3 is 2.93 bits per heavy atom. The van der Waals surface area contributed by atoms with Crippen LogP contribution in [0.15, 0.2) is 18.5 Å². The number of hydrogen-bond donors (Lipinski definition) is 2. The van der Waals surface area contributed by atoms with Gasteiger partial charge in [-0.25, -0.2) is 9.37 Å². The molecular weight excluding hydrogens is 361 g/mol. The van der Waals surface area contributed by atoms with E-state index in [1.165, 1.54) is 0 Å². The van der Waals surface area contributed by atoms with Gasteiger partial charge in [-0.2, -0.15) is 10.1 Å². The predicted molar refractivity (Wildman–Crippen MR) is 104 cm³/mol. The minimum Gasteiger partial charge on any atom is -0.378 e. The molecule has 8 nitrogen and oxygen atoms in total. The van der Waals surface area contributed by atoms with Crippen LogP contribution in [0.1, 0.15) is 25.1 Å². The molecule has 2 atom stereocenters. The Kier molecular flexibility index (Phi) is 4.28. The first-order valence-electron chi connectivity index (χ1n) is 9.79. The normalized spacial score (nSPS) is 23.9. The van der Waals surface area contributed by atoms with Gasteiger partial charge in [0.1, 0.15) is 11.8 Å². The smallest absolute Gasteiger partial charge is 0.222 e. The Morgan fingerprint density at radius 2 is 2.21 bits per heavy atom. The molecule has 0 aliphatic carbocycles. The van der Waals surface area contributed by atoms with Crippen LogP contribution in [0.25, 0.3) is 22.3 Å². The zero-order valence-corrected chi connectivity index (χ0v) is 15.8. The van der Waals surface area contributed by atoms with E-state index in [0.29, 0.717) is 31.4 Å². The molecule has 5 heterocycles. The second-order valence-corrected chi connectivity index (χ2v) is 7.53. The van der Waals surface area contributed by atoms with E-state index >= 15 is 4.39 Å². The molecule has 0 bridgehead atoms. The van der Waals surface area contributed by atoms with Crippen LogP contribution in [0.5, 0.6) is 0 Å². The van der Waals surface area contributed by atoms with Gasteiger partial charge in [0.25, 0.3) is 0 Å². The second-order valence-electron chi connectivity index (χ2n) is 7.53. The summed E-state index contributed by atoms with van der Waals surface area (Å²) in [4.78, 5) is 14.0. The highest BCUT2D eigenvalue weighted by Crippen LogP contribution is 2.34. The zero-order valence-electron chi connectivity index (χ0n) is 15.8. The van der Waals surface area contributed by atoms with Crippen LogP contribution in [0, 0.1) is 0 Å².